The van der Waals surface area contributed by atoms with Crippen LogP contribution in [-0.2, 0) is 4.74 Å². The molecule has 0 amide bonds. The molecular weight excluding hydrogens is 259 g/mol. The van der Waals surface area contributed by atoms with Gasteiger partial charge in [-0.1, -0.05) is 18.2 Å². The number of methoxy groups -OCH3 is 1. The van der Waals surface area contributed by atoms with Gasteiger partial charge in [0.1, 0.15) is 5.82 Å². The number of rotatable bonds is 3. The first kappa shape index (κ1) is 13.7. The molecule has 5 heteroatoms. The molecule has 0 heterocycles. The standard InChI is InChI=1S/C15H13FN2O2/c1-20-15(19)9-6-7-10(12(16)8-9)14(18)11-4-2-3-5-13(11)17/h2-8,18H,17H2,1H3. The molecule has 102 valence electrons. The molecule has 0 spiro atoms. The van der Waals surface area contributed by atoms with Crippen molar-refractivity contribution in [1.82, 2.24) is 0 Å². The van der Waals surface area contributed by atoms with E-state index in [2.05, 4.69) is 4.74 Å². The first-order valence-electron chi connectivity index (χ1n) is 5.86. The Kier molecular flexibility index (Phi) is 3.79. The van der Waals surface area contributed by atoms with Crippen molar-refractivity contribution in [2.45, 2.75) is 0 Å². The fourth-order valence-electron chi connectivity index (χ4n) is 1.83. The fraction of sp³-hybridized carbons (Fsp3) is 0.0667. The second kappa shape index (κ2) is 5.52. The van der Waals surface area contributed by atoms with Crippen LogP contribution in [0.15, 0.2) is 42.5 Å². The van der Waals surface area contributed by atoms with Crippen LogP contribution in [-0.4, -0.2) is 18.8 Å². The van der Waals surface area contributed by atoms with E-state index < -0.39 is 11.8 Å². The van der Waals surface area contributed by atoms with Crippen molar-refractivity contribution in [3.8, 4) is 0 Å². The summed E-state index contributed by atoms with van der Waals surface area (Å²) in [5, 5.41) is 8.04. The van der Waals surface area contributed by atoms with Crippen LogP contribution in [0.4, 0.5) is 10.1 Å². The normalized spacial score (nSPS) is 10.1. The number of hydrogen-bond acceptors (Lipinski definition) is 4. The van der Waals surface area contributed by atoms with E-state index in [1.165, 1.54) is 19.2 Å². The van der Waals surface area contributed by atoms with Crippen LogP contribution in [0.3, 0.4) is 0 Å². The molecule has 0 bridgehead atoms. The lowest BCUT2D eigenvalue weighted by molar-refractivity contribution is 0.0600. The second-order valence-electron chi connectivity index (χ2n) is 4.15. The first-order chi connectivity index (χ1) is 9.54. The molecule has 0 unspecified atom stereocenters. The molecule has 0 aliphatic carbocycles. The quantitative estimate of drug-likeness (QED) is 0.512. The monoisotopic (exact) mass is 272 g/mol. The molecular formula is C15H13FN2O2. The van der Waals surface area contributed by atoms with Crippen LogP contribution in [0.2, 0.25) is 0 Å². The van der Waals surface area contributed by atoms with Gasteiger partial charge in [-0.05, 0) is 24.3 Å². The highest BCUT2D eigenvalue weighted by atomic mass is 19.1. The molecule has 0 aliphatic rings. The maximum atomic E-state index is 14.0. The molecule has 0 saturated carbocycles. The minimum atomic E-state index is -0.666. The van der Waals surface area contributed by atoms with Crippen molar-refractivity contribution >= 4 is 17.4 Å². The molecule has 4 nitrogen and oxygen atoms in total. The molecule has 2 aromatic carbocycles. The summed E-state index contributed by atoms with van der Waals surface area (Å²) in [4.78, 5) is 11.3. The van der Waals surface area contributed by atoms with Gasteiger partial charge < -0.3 is 10.5 Å². The van der Waals surface area contributed by atoms with Crippen LogP contribution in [0.25, 0.3) is 0 Å². The summed E-state index contributed by atoms with van der Waals surface area (Å²) in [5.74, 6) is -1.29. The van der Waals surface area contributed by atoms with Gasteiger partial charge in [-0.2, -0.15) is 0 Å². The van der Waals surface area contributed by atoms with Gasteiger partial charge in [-0.3, -0.25) is 5.41 Å². The number of nitrogens with two attached hydrogens (primary N) is 1. The lowest BCUT2D eigenvalue weighted by Gasteiger charge is -2.09. The van der Waals surface area contributed by atoms with Gasteiger partial charge >= 0.3 is 5.97 Å². The van der Waals surface area contributed by atoms with Crippen molar-refractivity contribution in [2.75, 3.05) is 12.8 Å². The minimum absolute atomic E-state index is 0.0305. The van der Waals surface area contributed by atoms with Gasteiger partial charge in [-0.15, -0.1) is 0 Å². The van der Waals surface area contributed by atoms with Crippen LogP contribution in [0, 0.1) is 11.2 Å². The van der Waals surface area contributed by atoms with E-state index in [0.717, 1.165) is 6.07 Å². The van der Waals surface area contributed by atoms with Crippen molar-refractivity contribution in [2.24, 2.45) is 0 Å². The van der Waals surface area contributed by atoms with E-state index in [1.54, 1.807) is 24.3 Å². The number of benzene rings is 2. The van der Waals surface area contributed by atoms with E-state index in [4.69, 9.17) is 11.1 Å². The second-order valence-corrected chi connectivity index (χ2v) is 4.15. The number of halogens is 1. The van der Waals surface area contributed by atoms with E-state index in [0.29, 0.717) is 11.3 Å². The van der Waals surface area contributed by atoms with Crippen molar-refractivity contribution in [3.05, 3.63) is 65.0 Å². The molecule has 0 radical (unpaired) electrons. The third-order valence-electron chi connectivity index (χ3n) is 2.89. The number of anilines is 1. The molecule has 2 aromatic rings. The predicted octanol–water partition coefficient (Wildman–Crippen LogP) is 2.61. The van der Waals surface area contributed by atoms with Crippen molar-refractivity contribution in [3.63, 3.8) is 0 Å². The summed E-state index contributed by atoms with van der Waals surface area (Å²) < 4.78 is 18.5. The SMILES string of the molecule is COC(=O)c1ccc(C(=N)c2ccccc2N)c(F)c1. The molecule has 0 aliphatic heterocycles. The molecule has 2 rings (SSSR count). The van der Waals surface area contributed by atoms with Crippen molar-refractivity contribution < 1.29 is 13.9 Å². The maximum absolute atomic E-state index is 14.0. The number of carbonyl (C=O) groups is 1. The number of hydrogen-bond donors (Lipinski definition) is 2. The van der Waals surface area contributed by atoms with Gasteiger partial charge in [0.05, 0.1) is 18.4 Å². The maximum Gasteiger partial charge on any atom is 0.337 e. The Morgan fingerprint density at radius 3 is 2.50 bits per heavy atom. The highest BCUT2D eigenvalue weighted by molar-refractivity contribution is 6.14. The average Bonchev–Trinajstić information content (AvgIpc) is 2.46. The Hall–Kier alpha value is -2.69. The summed E-state index contributed by atoms with van der Waals surface area (Å²) >= 11 is 0. The lowest BCUT2D eigenvalue weighted by atomic mass is 9.99. The Morgan fingerprint density at radius 2 is 1.90 bits per heavy atom. The van der Waals surface area contributed by atoms with Gasteiger partial charge in [0.2, 0.25) is 0 Å². The van der Waals surface area contributed by atoms with Crippen LogP contribution < -0.4 is 5.73 Å². The average molecular weight is 272 g/mol. The van der Waals surface area contributed by atoms with Crippen LogP contribution in [0.1, 0.15) is 21.5 Å². The van der Waals surface area contributed by atoms with E-state index in [1.807, 2.05) is 0 Å². The zero-order chi connectivity index (χ0) is 14.7. The summed E-state index contributed by atoms with van der Waals surface area (Å²) in [5.41, 5.74) is 6.76. The highest BCUT2D eigenvalue weighted by Gasteiger charge is 2.15. The predicted molar refractivity (Wildman–Crippen MR) is 74.5 cm³/mol. The molecule has 0 saturated heterocycles. The number of para-hydroxylation sites is 1. The summed E-state index contributed by atoms with van der Waals surface area (Å²) in [6.07, 6.45) is 0. The van der Waals surface area contributed by atoms with Gasteiger partial charge in [0, 0.05) is 16.8 Å². The topological polar surface area (TPSA) is 76.2 Å². The Bertz CT molecular complexity index is 683. The molecule has 0 aromatic heterocycles. The Morgan fingerprint density at radius 1 is 1.20 bits per heavy atom. The smallest absolute Gasteiger partial charge is 0.337 e. The number of esters is 1. The van der Waals surface area contributed by atoms with E-state index >= 15 is 0 Å². The summed E-state index contributed by atoms with van der Waals surface area (Å²) in [6.45, 7) is 0. The first-order valence-corrected chi connectivity index (χ1v) is 5.86. The zero-order valence-corrected chi connectivity index (χ0v) is 10.8. The lowest BCUT2D eigenvalue weighted by Crippen LogP contribution is -2.09. The molecule has 20 heavy (non-hydrogen) atoms. The van der Waals surface area contributed by atoms with E-state index in [-0.39, 0.29) is 16.8 Å². The molecule has 0 fully saturated rings. The summed E-state index contributed by atoms with van der Waals surface area (Å²) in [6, 6.07) is 10.6. The molecule has 3 N–H and O–H groups in total. The number of carbonyl (C=O) groups excluding carboxylic acids is 1. The third kappa shape index (κ3) is 2.51. The van der Waals surface area contributed by atoms with E-state index in [9.17, 15) is 9.18 Å². The van der Waals surface area contributed by atoms with Crippen LogP contribution in [0.5, 0.6) is 0 Å². The minimum Gasteiger partial charge on any atom is -0.465 e. The van der Waals surface area contributed by atoms with Crippen LogP contribution >= 0.6 is 0 Å². The number of ether oxygens (including phenoxy) is 1. The number of nitrogens with one attached hydrogen (secondary N) is 1. The molecule has 0 atom stereocenters. The number of nitrogen functional groups attached to an aromatic ring is 1. The third-order valence-corrected chi connectivity index (χ3v) is 2.89. The largest absolute Gasteiger partial charge is 0.465 e. The Labute approximate surface area is 115 Å². The van der Waals surface area contributed by atoms with Gasteiger partial charge in [0.25, 0.3) is 0 Å². The van der Waals surface area contributed by atoms with Crippen molar-refractivity contribution in [1.29, 1.82) is 5.41 Å². The Balaban J connectivity index is 2.42. The fourth-order valence-corrected chi connectivity index (χ4v) is 1.83. The zero-order valence-electron chi connectivity index (χ0n) is 10.8. The highest BCUT2D eigenvalue weighted by Crippen LogP contribution is 2.19. The summed E-state index contributed by atoms with van der Waals surface area (Å²) in [7, 11) is 1.22. The van der Waals surface area contributed by atoms with Gasteiger partial charge in [0.15, 0.2) is 0 Å². The van der Waals surface area contributed by atoms with Gasteiger partial charge in [-0.25, -0.2) is 9.18 Å².